The topological polar surface area (TPSA) is 74.5 Å². The average molecular weight is 268 g/mol. The quantitative estimate of drug-likeness (QED) is 0.731. The zero-order chi connectivity index (χ0) is 13.7. The SMILES string of the molecule is CCOC(=O)C(CC)c1nc(CC2CCOC2)no1. The van der Waals surface area contributed by atoms with Gasteiger partial charge in [0.05, 0.1) is 6.61 Å². The summed E-state index contributed by atoms with van der Waals surface area (Å²) in [6.45, 7) is 5.59. The molecule has 0 N–H and O–H groups in total. The van der Waals surface area contributed by atoms with Gasteiger partial charge in [-0.2, -0.15) is 4.98 Å². The monoisotopic (exact) mass is 268 g/mol. The number of esters is 1. The Balaban J connectivity index is 1.99. The minimum atomic E-state index is -0.457. The molecule has 1 aromatic rings. The summed E-state index contributed by atoms with van der Waals surface area (Å²) in [5.41, 5.74) is 0. The van der Waals surface area contributed by atoms with Crippen LogP contribution >= 0.6 is 0 Å². The van der Waals surface area contributed by atoms with Crippen LogP contribution in [0.2, 0.25) is 0 Å². The molecule has 0 radical (unpaired) electrons. The van der Waals surface area contributed by atoms with Crippen LogP contribution in [0.3, 0.4) is 0 Å². The molecule has 0 saturated carbocycles. The minimum absolute atomic E-state index is 0.301. The number of nitrogens with zero attached hydrogens (tertiary/aromatic N) is 2. The van der Waals surface area contributed by atoms with E-state index in [1.165, 1.54) is 0 Å². The van der Waals surface area contributed by atoms with Gasteiger partial charge in [-0.25, -0.2) is 0 Å². The maximum absolute atomic E-state index is 11.8. The number of hydrogen-bond donors (Lipinski definition) is 0. The summed E-state index contributed by atoms with van der Waals surface area (Å²) < 4.78 is 15.5. The summed E-state index contributed by atoms with van der Waals surface area (Å²) in [5.74, 6) is 0.696. The molecule has 6 nitrogen and oxygen atoms in total. The molecule has 0 bridgehead atoms. The van der Waals surface area contributed by atoms with Gasteiger partial charge in [-0.05, 0) is 25.7 Å². The molecule has 106 valence electrons. The Morgan fingerprint density at radius 1 is 1.53 bits per heavy atom. The second kappa shape index (κ2) is 6.65. The highest BCUT2D eigenvalue weighted by Gasteiger charge is 2.27. The van der Waals surface area contributed by atoms with Crippen molar-refractivity contribution >= 4 is 5.97 Å². The van der Waals surface area contributed by atoms with E-state index in [0.717, 1.165) is 26.1 Å². The fourth-order valence-electron chi connectivity index (χ4n) is 2.18. The lowest BCUT2D eigenvalue weighted by atomic mass is 10.0. The van der Waals surface area contributed by atoms with Crippen molar-refractivity contribution in [1.82, 2.24) is 10.1 Å². The van der Waals surface area contributed by atoms with Crippen molar-refractivity contribution in [1.29, 1.82) is 0 Å². The molecule has 19 heavy (non-hydrogen) atoms. The first-order chi connectivity index (χ1) is 9.24. The van der Waals surface area contributed by atoms with E-state index in [9.17, 15) is 4.79 Å². The predicted octanol–water partition coefficient (Wildman–Crippen LogP) is 1.71. The van der Waals surface area contributed by atoms with E-state index in [1.807, 2.05) is 6.92 Å². The lowest BCUT2D eigenvalue weighted by Gasteiger charge is -2.08. The van der Waals surface area contributed by atoms with E-state index >= 15 is 0 Å². The maximum atomic E-state index is 11.8. The van der Waals surface area contributed by atoms with Crippen LogP contribution in [0.5, 0.6) is 0 Å². The number of ether oxygens (including phenoxy) is 2. The Morgan fingerprint density at radius 3 is 3.00 bits per heavy atom. The first-order valence-corrected chi connectivity index (χ1v) is 6.81. The first-order valence-electron chi connectivity index (χ1n) is 6.81. The highest BCUT2D eigenvalue weighted by Crippen LogP contribution is 2.21. The van der Waals surface area contributed by atoms with Crippen molar-refractivity contribution in [2.24, 2.45) is 5.92 Å². The molecule has 0 spiro atoms. The van der Waals surface area contributed by atoms with Crippen LogP contribution < -0.4 is 0 Å². The molecule has 6 heteroatoms. The Labute approximate surface area is 112 Å². The van der Waals surface area contributed by atoms with Crippen LogP contribution in [0, 0.1) is 5.92 Å². The molecule has 2 atom stereocenters. The molecule has 2 rings (SSSR count). The third-order valence-corrected chi connectivity index (χ3v) is 3.26. The number of hydrogen-bond acceptors (Lipinski definition) is 6. The molecule has 1 aliphatic rings. The van der Waals surface area contributed by atoms with E-state index in [-0.39, 0.29) is 5.97 Å². The second-order valence-corrected chi connectivity index (χ2v) is 4.70. The Hall–Kier alpha value is -1.43. The third-order valence-electron chi connectivity index (χ3n) is 3.26. The number of rotatable bonds is 6. The Morgan fingerprint density at radius 2 is 2.37 bits per heavy atom. The van der Waals surface area contributed by atoms with E-state index in [2.05, 4.69) is 10.1 Å². The third kappa shape index (κ3) is 3.53. The van der Waals surface area contributed by atoms with Crippen LogP contribution in [0.25, 0.3) is 0 Å². The maximum Gasteiger partial charge on any atom is 0.318 e. The fourth-order valence-corrected chi connectivity index (χ4v) is 2.18. The molecule has 2 heterocycles. The van der Waals surface area contributed by atoms with Crippen molar-refractivity contribution in [2.45, 2.75) is 39.0 Å². The smallest absolute Gasteiger partial charge is 0.318 e. The number of carbonyl (C=O) groups is 1. The van der Waals surface area contributed by atoms with E-state index in [1.54, 1.807) is 6.92 Å². The van der Waals surface area contributed by atoms with E-state index in [0.29, 0.717) is 30.7 Å². The number of carbonyl (C=O) groups excluding carboxylic acids is 1. The molecule has 1 saturated heterocycles. The Bertz CT molecular complexity index is 413. The summed E-state index contributed by atoms with van der Waals surface area (Å²) in [5, 5.41) is 3.94. The predicted molar refractivity (Wildman–Crippen MR) is 66.6 cm³/mol. The van der Waals surface area contributed by atoms with Crippen LogP contribution in [0.1, 0.15) is 44.3 Å². The van der Waals surface area contributed by atoms with Gasteiger partial charge in [0.2, 0.25) is 5.89 Å². The van der Waals surface area contributed by atoms with Gasteiger partial charge in [-0.15, -0.1) is 0 Å². The summed E-state index contributed by atoms with van der Waals surface area (Å²) in [6.07, 6.45) is 2.36. The van der Waals surface area contributed by atoms with Gasteiger partial charge in [-0.3, -0.25) is 4.79 Å². The van der Waals surface area contributed by atoms with Crippen molar-refractivity contribution in [3.63, 3.8) is 0 Å². The Kier molecular flexibility index (Phi) is 4.90. The first kappa shape index (κ1) is 14.0. The van der Waals surface area contributed by atoms with Crippen molar-refractivity contribution in [3.8, 4) is 0 Å². The number of aromatic nitrogens is 2. The summed E-state index contributed by atoms with van der Waals surface area (Å²) in [4.78, 5) is 16.1. The van der Waals surface area contributed by atoms with Crippen molar-refractivity contribution < 1.29 is 18.8 Å². The van der Waals surface area contributed by atoms with Crippen molar-refractivity contribution in [2.75, 3.05) is 19.8 Å². The summed E-state index contributed by atoms with van der Waals surface area (Å²) >= 11 is 0. The van der Waals surface area contributed by atoms with Crippen LogP contribution in [-0.2, 0) is 20.7 Å². The van der Waals surface area contributed by atoms with Gasteiger partial charge >= 0.3 is 5.97 Å². The van der Waals surface area contributed by atoms with Gasteiger partial charge in [0.15, 0.2) is 5.82 Å². The lowest BCUT2D eigenvalue weighted by molar-refractivity contribution is -0.145. The molecule has 1 aliphatic heterocycles. The van der Waals surface area contributed by atoms with E-state index < -0.39 is 5.92 Å². The average Bonchev–Trinajstić information content (AvgIpc) is 3.03. The molecule has 0 aromatic carbocycles. The highest BCUT2D eigenvalue weighted by atomic mass is 16.5. The van der Waals surface area contributed by atoms with Gasteiger partial charge in [0, 0.05) is 19.6 Å². The second-order valence-electron chi connectivity index (χ2n) is 4.70. The fraction of sp³-hybridized carbons (Fsp3) is 0.769. The summed E-state index contributed by atoms with van der Waals surface area (Å²) in [7, 11) is 0. The molecule has 0 amide bonds. The minimum Gasteiger partial charge on any atom is -0.465 e. The zero-order valence-corrected chi connectivity index (χ0v) is 11.4. The molecular weight excluding hydrogens is 248 g/mol. The standard InChI is InChI=1S/C13H20N2O4/c1-3-10(13(16)18-4-2)12-14-11(15-19-12)7-9-5-6-17-8-9/h9-10H,3-8H2,1-2H3. The van der Waals surface area contributed by atoms with Crippen LogP contribution in [-0.4, -0.2) is 35.9 Å². The van der Waals surface area contributed by atoms with E-state index in [4.69, 9.17) is 14.0 Å². The van der Waals surface area contributed by atoms with Crippen LogP contribution in [0.15, 0.2) is 4.52 Å². The highest BCUT2D eigenvalue weighted by molar-refractivity contribution is 5.76. The molecule has 2 unspecified atom stereocenters. The largest absolute Gasteiger partial charge is 0.465 e. The van der Waals surface area contributed by atoms with Gasteiger partial charge in [0.25, 0.3) is 0 Å². The van der Waals surface area contributed by atoms with Crippen LogP contribution in [0.4, 0.5) is 0 Å². The normalized spacial score (nSPS) is 20.4. The summed E-state index contributed by atoms with van der Waals surface area (Å²) in [6, 6.07) is 0. The molecule has 1 fully saturated rings. The van der Waals surface area contributed by atoms with Gasteiger partial charge < -0.3 is 14.0 Å². The lowest BCUT2D eigenvalue weighted by Crippen LogP contribution is -2.15. The van der Waals surface area contributed by atoms with Crippen molar-refractivity contribution in [3.05, 3.63) is 11.7 Å². The van der Waals surface area contributed by atoms with Gasteiger partial charge in [-0.1, -0.05) is 12.1 Å². The van der Waals surface area contributed by atoms with Gasteiger partial charge in [0.1, 0.15) is 5.92 Å². The molecular formula is C13H20N2O4. The molecule has 1 aromatic heterocycles. The molecule has 0 aliphatic carbocycles. The zero-order valence-electron chi connectivity index (χ0n) is 11.4.